The van der Waals surface area contributed by atoms with Gasteiger partial charge in [0.05, 0.1) is 11.3 Å². The molecule has 0 bridgehead atoms. The first-order valence-electron chi connectivity index (χ1n) is 8.43. The van der Waals surface area contributed by atoms with E-state index >= 15 is 0 Å². The van der Waals surface area contributed by atoms with E-state index in [9.17, 15) is 18.0 Å². The van der Waals surface area contributed by atoms with Gasteiger partial charge in [-0.15, -0.1) is 0 Å². The van der Waals surface area contributed by atoms with Crippen molar-refractivity contribution in [3.63, 3.8) is 0 Å². The summed E-state index contributed by atoms with van der Waals surface area (Å²) >= 11 is 0. The highest BCUT2D eigenvalue weighted by molar-refractivity contribution is 7.93. The van der Waals surface area contributed by atoms with Crippen LogP contribution in [0.25, 0.3) is 0 Å². The third-order valence-corrected chi connectivity index (χ3v) is 4.62. The monoisotopic (exact) mass is 398 g/mol. The summed E-state index contributed by atoms with van der Waals surface area (Å²) in [6.45, 7) is 9.31. The lowest BCUT2D eigenvalue weighted by Gasteiger charge is -2.25. The van der Waals surface area contributed by atoms with E-state index in [2.05, 4.69) is 9.71 Å². The van der Waals surface area contributed by atoms with E-state index in [0.29, 0.717) is 5.56 Å². The number of aliphatic carboxylic acids is 1. The normalized spacial score (nSPS) is 13.1. The number of rotatable bonds is 9. The van der Waals surface area contributed by atoms with Gasteiger partial charge in [-0.05, 0) is 43.9 Å². The van der Waals surface area contributed by atoms with Crippen LogP contribution in [0, 0.1) is 0 Å². The summed E-state index contributed by atoms with van der Waals surface area (Å²) < 4.78 is 32.2. The van der Waals surface area contributed by atoms with Crippen LogP contribution in [0.1, 0.15) is 51.7 Å². The van der Waals surface area contributed by atoms with Gasteiger partial charge in [-0.25, -0.2) is 13.2 Å². The zero-order chi connectivity index (χ0) is 20.8. The van der Waals surface area contributed by atoms with Crippen molar-refractivity contribution in [1.82, 2.24) is 0 Å². The highest BCUT2D eigenvalue weighted by Crippen LogP contribution is 2.26. The third-order valence-electron chi connectivity index (χ3n) is 3.46. The van der Waals surface area contributed by atoms with Gasteiger partial charge in [-0.2, -0.15) is 4.99 Å². The predicted octanol–water partition coefficient (Wildman–Crippen LogP) is 2.66. The van der Waals surface area contributed by atoms with Gasteiger partial charge in [0.1, 0.15) is 0 Å². The van der Waals surface area contributed by atoms with Gasteiger partial charge in [0.2, 0.25) is 16.1 Å². The van der Waals surface area contributed by atoms with Gasteiger partial charge in [0, 0.05) is 6.42 Å². The average Bonchev–Trinajstić information content (AvgIpc) is 2.45. The fourth-order valence-corrected chi connectivity index (χ4v) is 3.28. The fraction of sp³-hybridized carbons (Fsp3) is 0.556. The van der Waals surface area contributed by atoms with E-state index in [4.69, 9.17) is 9.84 Å². The molecule has 0 aliphatic heterocycles. The lowest BCUT2D eigenvalue weighted by Crippen LogP contribution is -2.28. The number of nitrogens with zero attached hydrogens (tertiary/aromatic N) is 1. The lowest BCUT2D eigenvalue weighted by atomic mass is 9.99. The van der Waals surface area contributed by atoms with Gasteiger partial charge in [-0.1, -0.05) is 26.0 Å². The van der Waals surface area contributed by atoms with Crippen molar-refractivity contribution in [2.24, 2.45) is 4.99 Å². The quantitative estimate of drug-likeness (QED) is 0.487. The number of ether oxygens (including phenoxy) is 1. The minimum Gasteiger partial charge on any atom is -0.480 e. The molecule has 0 amide bonds. The molecular weight excluding hydrogens is 372 g/mol. The van der Waals surface area contributed by atoms with Gasteiger partial charge in [0.15, 0.2) is 12.0 Å². The van der Waals surface area contributed by atoms with Crippen LogP contribution >= 0.6 is 0 Å². The molecule has 2 N–H and O–H groups in total. The highest BCUT2D eigenvalue weighted by Gasteiger charge is 2.22. The van der Waals surface area contributed by atoms with Gasteiger partial charge in [-0.3, -0.25) is 9.52 Å². The SMILES string of the molecule is CC(C)c1ccc(CC(N=C=O)OC(C)(C)C)c(NS(=O)(=O)CC(=O)O)c1. The number of hydrogen-bond donors (Lipinski definition) is 2. The number of nitrogens with one attached hydrogen (secondary N) is 1. The van der Waals surface area contributed by atoms with Gasteiger partial charge in [0.25, 0.3) is 0 Å². The number of isocyanates is 1. The Hall–Kier alpha value is -2.22. The molecular formula is C18H26N2O6S. The number of anilines is 1. The molecule has 0 aromatic heterocycles. The first-order valence-corrected chi connectivity index (χ1v) is 10.1. The molecule has 0 saturated heterocycles. The van der Waals surface area contributed by atoms with Crippen LogP contribution in [0.4, 0.5) is 5.69 Å². The summed E-state index contributed by atoms with van der Waals surface area (Å²) in [6, 6.07) is 5.21. The molecule has 0 heterocycles. The summed E-state index contributed by atoms with van der Waals surface area (Å²) in [6.07, 6.45) is 0.737. The average molecular weight is 398 g/mol. The predicted molar refractivity (Wildman–Crippen MR) is 102 cm³/mol. The van der Waals surface area contributed by atoms with Crippen LogP contribution in [-0.4, -0.2) is 43.2 Å². The second-order valence-electron chi connectivity index (χ2n) is 7.44. The van der Waals surface area contributed by atoms with Crippen molar-refractivity contribution in [3.05, 3.63) is 29.3 Å². The Labute approximate surface area is 159 Å². The minimum atomic E-state index is -4.08. The Kier molecular flexibility index (Phi) is 7.71. The molecule has 0 saturated carbocycles. The second kappa shape index (κ2) is 9.12. The lowest BCUT2D eigenvalue weighted by molar-refractivity contribution is -0.134. The van der Waals surface area contributed by atoms with Crippen molar-refractivity contribution < 1.29 is 27.9 Å². The maximum absolute atomic E-state index is 12.1. The molecule has 0 fully saturated rings. The molecule has 1 rings (SSSR count). The van der Waals surface area contributed by atoms with Crippen molar-refractivity contribution in [1.29, 1.82) is 0 Å². The van der Waals surface area contributed by atoms with Crippen molar-refractivity contribution in [3.8, 4) is 0 Å². The Balaban J connectivity index is 3.28. The number of hydrogen-bond acceptors (Lipinski definition) is 6. The zero-order valence-corrected chi connectivity index (χ0v) is 17.0. The zero-order valence-electron chi connectivity index (χ0n) is 16.1. The van der Waals surface area contributed by atoms with E-state index < -0.39 is 33.6 Å². The van der Waals surface area contributed by atoms with Crippen molar-refractivity contribution in [2.75, 3.05) is 10.5 Å². The number of aliphatic imine (C=N–C) groups is 1. The van der Waals surface area contributed by atoms with Crippen LogP contribution < -0.4 is 4.72 Å². The standard InChI is InChI=1S/C18H26N2O6S/c1-12(2)13-6-7-14(9-16(19-11-21)26-18(3,4)5)15(8-13)20-27(24,25)10-17(22)23/h6-8,12,16,20H,9-10H2,1-5H3,(H,22,23). The van der Waals surface area contributed by atoms with Gasteiger partial charge >= 0.3 is 5.97 Å². The van der Waals surface area contributed by atoms with Crippen LogP contribution in [0.5, 0.6) is 0 Å². The summed E-state index contributed by atoms with van der Waals surface area (Å²) in [5, 5.41) is 8.79. The number of carboxylic acids is 1. The van der Waals surface area contributed by atoms with E-state index in [0.717, 1.165) is 5.56 Å². The number of carbonyl (C=O) groups is 1. The molecule has 1 unspecified atom stereocenters. The number of benzene rings is 1. The molecule has 0 aliphatic rings. The van der Waals surface area contributed by atoms with Crippen LogP contribution in [0.2, 0.25) is 0 Å². The first kappa shape index (κ1) is 22.8. The van der Waals surface area contributed by atoms with E-state index in [1.807, 2.05) is 19.9 Å². The minimum absolute atomic E-state index is 0.121. The maximum atomic E-state index is 12.1. The Morgan fingerprint density at radius 1 is 1.33 bits per heavy atom. The van der Waals surface area contributed by atoms with Crippen molar-refractivity contribution in [2.45, 2.75) is 58.8 Å². The van der Waals surface area contributed by atoms with Gasteiger partial charge < -0.3 is 9.84 Å². The number of carboxylic acid groups (broad SMARTS) is 1. The number of carbonyl (C=O) groups excluding carboxylic acids is 1. The molecule has 1 atom stereocenters. The molecule has 1 aromatic rings. The molecule has 9 heteroatoms. The van der Waals surface area contributed by atoms with E-state index in [-0.39, 0.29) is 18.0 Å². The topological polar surface area (TPSA) is 122 Å². The van der Waals surface area contributed by atoms with Crippen LogP contribution in [-0.2, 0) is 30.8 Å². The number of sulfonamides is 1. The third kappa shape index (κ3) is 8.34. The summed E-state index contributed by atoms with van der Waals surface area (Å²) in [5.74, 6) is -2.37. The maximum Gasteiger partial charge on any atom is 0.320 e. The molecule has 0 spiro atoms. The van der Waals surface area contributed by atoms with Crippen LogP contribution in [0.3, 0.4) is 0 Å². The van der Waals surface area contributed by atoms with E-state index in [1.165, 1.54) is 6.08 Å². The second-order valence-corrected chi connectivity index (χ2v) is 9.16. The first-order chi connectivity index (χ1) is 12.3. The van der Waals surface area contributed by atoms with E-state index in [1.54, 1.807) is 32.9 Å². The molecule has 0 radical (unpaired) electrons. The molecule has 150 valence electrons. The van der Waals surface area contributed by atoms with Crippen LogP contribution in [0.15, 0.2) is 23.2 Å². The Morgan fingerprint density at radius 2 is 1.96 bits per heavy atom. The summed E-state index contributed by atoms with van der Waals surface area (Å²) in [4.78, 5) is 25.2. The Bertz CT molecular complexity index is 821. The molecule has 1 aromatic carbocycles. The fourth-order valence-electron chi connectivity index (χ4n) is 2.36. The smallest absolute Gasteiger partial charge is 0.320 e. The summed E-state index contributed by atoms with van der Waals surface area (Å²) in [7, 11) is -4.08. The molecule has 0 aliphatic carbocycles. The molecule has 27 heavy (non-hydrogen) atoms. The molecule has 8 nitrogen and oxygen atoms in total. The Morgan fingerprint density at radius 3 is 2.44 bits per heavy atom. The largest absolute Gasteiger partial charge is 0.480 e. The summed E-state index contributed by atoms with van der Waals surface area (Å²) in [5.41, 5.74) is 1.07. The highest BCUT2D eigenvalue weighted by atomic mass is 32.2. The van der Waals surface area contributed by atoms with Crippen molar-refractivity contribution >= 4 is 27.8 Å².